The first-order chi connectivity index (χ1) is 11.6. The van der Waals surface area contributed by atoms with Gasteiger partial charge >= 0.3 is 0 Å². The van der Waals surface area contributed by atoms with Gasteiger partial charge in [0.2, 0.25) is 0 Å². The number of piperidine rings is 1. The van der Waals surface area contributed by atoms with Crippen LogP contribution in [-0.2, 0) is 0 Å². The largest absolute Gasteiger partial charge is 0.389 e. The number of benzene rings is 2. The van der Waals surface area contributed by atoms with Gasteiger partial charge in [0.15, 0.2) is 0 Å². The van der Waals surface area contributed by atoms with Gasteiger partial charge in [0.1, 0.15) is 12.1 Å². The number of hydrogen-bond acceptors (Lipinski definition) is 1. The van der Waals surface area contributed by atoms with Crippen molar-refractivity contribution in [1.82, 2.24) is 0 Å². The molecule has 1 heterocycles. The van der Waals surface area contributed by atoms with Gasteiger partial charge in [-0.2, -0.15) is 0 Å². The van der Waals surface area contributed by atoms with Gasteiger partial charge in [-0.1, -0.05) is 80.9 Å². The molecule has 0 saturated carbocycles. The third kappa shape index (κ3) is 3.13. The van der Waals surface area contributed by atoms with E-state index in [2.05, 4.69) is 81.6 Å². The van der Waals surface area contributed by atoms with Crippen molar-refractivity contribution in [1.29, 1.82) is 0 Å². The fraction of sp³-hybridized carbons (Fsp3) is 0.455. The molecule has 2 N–H and O–H groups in total. The number of likely N-dealkylation sites (tertiary alicyclic amines) is 1. The Labute approximate surface area is 146 Å². The van der Waals surface area contributed by atoms with Gasteiger partial charge in [-0.05, 0) is 6.42 Å². The van der Waals surface area contributed by atoms with E-state index in [4.69, 9.17) is 0 Å². The molecule has 2 aromatic rings. The van der Waals surface area contributed by atoms with Crippen LogP contribution in [0.25, 0.3) is 0 Å². The lowest BCUT2D eigenvalue weighted by Gasteiger charge is -2.49. The Bertz CT molecular complexity index is 642. The molecule has 24 heavy (non-hydrogen) atoms. The average molecular weight is 324 g/mol. The predicted molar refractivity (Wildman–Crippen MR) is 98.9 cm³/mol. The fourth-order valence-corrected chi connectivity index (χ4v) is 4.66. The maximum atomic E-state index is 11.5. The van der Waals surface area contributed by atoms with Crippen LogP contribution in [0.5, 0.6) is 0 Å². The topological polar surface area (TPSA) is 24.7 Å². The van der Waals surface area contributed by atoms with Crippen molar-refractivity contribution in [2.45, 2.75) is 50.8 Å². The summed E-state index contributed by atoms with van der Waals surface area (Å²) in [6.07, 6.45) is 2.72. The summed E-state index contributed by atoms with van der Waals surface area (Å²) >= 11 is 0. The van der Waals surface area contributed by atoms with E-state index in [1.54, 1.807) is 0 Å². The minimum atomic E-state index is -0.602. The Morgan fingerprint density at radius 2 is 1.54 bits per heavy atom. The molecule has 1 unspecified atom stereocenters. The molecule has 3 rings (SSSR count). The van der Waals surface area contributed by atoms with E-state index >= 15 is 0 Å². The molecule has 0 amide bonds. The Balaban J connectivity index is 2.03. The third-order valence-electron chi connectivity index (χ3n) is 5.99. The smallest absolute Gasteiger partial charge is 0.119 e. The van der Waals surface area contributed by atoms with E-state index in [-0.39, 0.29) is 5.92 Å². The highest BCUT2D eigenvalue weighted by molar-refractivity contribution is 5.23. The van der Waals surface area contributed by atoms with E-state index in [0.717, 1.165) is 19.3 Å². The van der Waals surface area contributed by atoms with Crippen molar-refractivity contribution in [3.63, 3.8) is 0 Å². The summed E-state index contributed by atoms with van der Waals surface area (Å²) in [5.74, 6) is 0.236. The fourth-order valence-electron chi connectivity index (χ4n) is 4.66. The molecule has 0 radical (unpaired) electrons. The normalized spacial score (nSPS) is 33.3. The summed E-state index contributed by atoms with van der Waals surface area (Å²) in [4.78, 5) is 1.49. The molecule has 0 aliphatic carbocycles. The van der Waals surface area contributed by atoms with E-state index in [1.807, 2.05) is 0 Å². The first-order valence-corrected chi connectivity index (χ1v) is 9.22. The Hall–Kier alpha value is -1.64. The van der Waals surface area contributed by atoms with E-state index in [9.17, 15) is 5.11 Å². The van der Waals surface area contributed by atoms with Crippen LogP contribution in [0.3, 0.4) is 0 Å². The van der Waals surface area contributed by atoms with E-state index in [1.165, 1.54) is 16.0 Å². The van der Waals surface area contributed by atoms with Gasteiger partial charge in [-0.25, -0.2) is 0 Å². The molecular formula is C22H30NO+. The summed E-state index contributed by atoms with van der Waals surface area (Å²) in [6.45, 7) is 4.41. The molecule has 2 nitrogen and oxygen atoms in total. The average Bonchev–Trinajstić information content (AvgIpc) is 2.61. The molecular weight excluding hydrogens is 294 g/mol. The summed E-state index contributed by atoms with van der Waals surface area (Å²) in [6, 6.07) is 22.0. The molecule has 1 fully saturated rings. The number of aliphatic hydroxyl groups is 1. The maximum absolute atomic E-state index is 11.5. The lowest BCUT2D eigenvalue weighted by Crippen LogP contribution is -3.12. The predicted octanol–water partition coefficient (Wildman–Crippen LogP) is 3.55. The molecule has 1 saturated heterocycles. The zero-order chi connectivity index (χ0) is 17.2. The van der Waals surface area contributed by atoms with E-state index < -0.39 is 5.60 Å². The second-order valence-electron chi connectivity index (χ2n) is 7.44. The van der Waals surface area contributed by atoms with Gasteiger partial charge in [0.05, 0.1) is 12.6 Å². The number of hydrogen-bond donors (Lipinski definition) is 2. The highest BCUT2D eigenvalue weighted by Gasteiger charge is 2.51. The minimum Gasteiger partial charge on any atom is -0.389 e. The number of quaternary nitrogens is 1. The molecule has 0 bridgehead atoms. The molecule has 1 aliphatic rings. The Morgan fingerprint density at radius 3 is 2.08 bits per heavy atom. The molecule has 2 aromatic carbocycles. The lowest BCUT2D eigenvalue weighted by atomic mass is 9.69. The van der Waals surface area contributed by atoms with Gasteiger partial charge < -0.3 is 10.0 Å². The first kappa shape index (κ1) is 17.2. The summed E-state index contributed by atoms with van der Waals surface area (Å²) in [5, 5.41) is 11.5. The minimum absolute atomic E-state index is 0.236. The molecule has 0 spiro atoms. The van der Waals surface area contributed by atoms with Crippen LogP contribution in [0, 0.1) is 5.92 Å². The lowest BCUT2D eigenvalue weighted by molar-refractivity contribution is -0.957. The second-order valence-corrected chi connectivity index (χ2v) is 7.44. The number of nitrogens with one attached hydrogen (secondary N) is 1. The summed E-state index contributed by atoms with van der Waals surface area (Å²) in [7, 11) is 2.29. The molecule has 0 aromatic heterocycles. The summed E-state index contributed by atoms with van der Waals surface area (Å²) in [5.41, 5.74) is 2.06. The van der Waals surface area contributed by atoms with Crippen molar-refractivity contribution in [3.05, 3.63) is 71.8 Å². The zero-order valence-electron chi connectivity index (χ0n) is 15.1. The zero-order valence-corrected chi connectivity index (χ0v) is 15.1. The SMILES string of the molecule is CCC[C@]1(O)C[C@@H](c2ccccc2)[NH+](C)[C@H](c2ccccc2)[C@@H]1C. The van der Waals surface area contributed by atoms with Crippen molar-refractivity contribution in [2.75, 3.05) is 7.05 Å². The van der Waals surface area contributed by atoms with Gasteiger partial charge in [-0.15, -0.1) is 0 Å². The van der Waals surface area contributed by atoms with Crippen molar-refractivity contribution in [3.8, 4) is 0 Å². The van der Waals surface area contributed by atoms with Gasteiger partial charge in [0.25, 0.3) is 0 Å². The van der Waals surface area contributed by atoms with Crippen LogP contribution < -0.4 is 4.90 Å². The van der Waals surface area contributed by atoms with Crippen LogP contribution in [0.2, 0.25) is 0 Å². The van der Waals surface area contributed by atoms with Crippen LogP contribution >= 0.6 is 0 Å². The standard InChI is InChI=1S/C22H29NO/c1-4-15-22(24)16-20(18-11-7-5-8-12-18)23(3)21(17(22)2)19-13-9-6-10-14-19/h5-14,17,20-21,24H,4,15-16H2,1-3H3/p+1/t17-,20-,21-,22-/m0/s1. The van der Waals surface area contributed by atoms with Crippen molar-refractivity contribution >= 4 is 0 Å². The van der Waals surface area contributed by atoms with Gasteiger partial charge in [0, 0.05) is 23.5 Å². The van der Waals surface area contributed by atoms with Crippen LogP contribution in [0.1, 0.15) is 56.3 Å². The first-order valence-electron chi connectivity index (χ1n) is 9.22. The molecule has 1 aliphatic heterocycles. The van der Waals surface area contributed by atoms with E-state index in [0.29, 0.717) is 12.1 Å². The molecule has 2 heteroatoms. The van der Waals surface area contributed by atoms with Crippen molar-refractivity contribution < 1.29 is 10.0 Å². The summed E-state index contributed by atoms with van der Waals surface area (Å²) < 4.78 is 0. The quantitative estimate of drug-likeness (QED) is 0.883. The Kier molecular flexibility index (Phi) is 5.07. The highest BCUT2D eigenvalue weighted by atomic mass is 16.3. The monoisotopic (exact) mass is 324 g/mol. The van der Waals surface area contributed by atoms with Crippen LogP contribution in [0.4, 0.5) is 0 Å². The Morgan fingerprint density at radius 1 is 1.00 bits per heavy atom. The molecule has 5 atom stereocenters. The van der Waals surface area contributed by atoms with Gasteiger partial charge in [-0.3, -0.25) is 0 Å². The van der Waals surface area contributed by atoms with Crippen LogP contribution in [-0.4, -0.2) is 17.8 Å². The second kappa shape index (κ2) is 7.08. The third-order valence-corrected chi connectivity index (χ3v) is 5.99. The molecule has 128 valence electrons. The van der Waals surface area contributed by atoms with Crippen molar-refractivity contribution in [2.24, 2.45) is 5.92 Å². The van der Waals surface area contributed by atoms with Crippen LogP contribution in [0.15, 0.2) is 60.7 Å². The number of rotatable bonds is 4. The highest BCUT2D eigenvalue weighted by Crippen LogP contribution is 2.42. The maximum Gasteiger partial charge on any atom is 0.119 e.